The first-order chi connectivity index (χ1) is 22.9. The summed E-state index contributed by atoms with van der Waals surface area (Å²) in [6.07, 6.45) is 13.1. The zero-order valence-electron chi connectivity index (χ0n) is 27.5. The lowest BCUT2D eigenvalue weighted by Gasteiger charge is -2.41. The average Bonchev–Trinajstić information content (AvgIpc) is 3.52. The van der Waals surface area contributed by atoms with Crippen LogP contribution in [0.3, 0.4) is 0 Å². The van der Waals surface area contributed by atoms with Gasteiger partial charge >= 0.3 is 12.1 Å². The van der Waals surface area contributed by atoms with E-state index in [4.69, 9.17) is 4.74 Å². The summed E-state index contributed by atoms with van der Waals surface area (Å²) in [6.45, 7) is 6.62. The van der Waals surface area contributed by atoms with Crippen molar-refractivity contribution in [3.8, 4) is 0 Å². The van der Waals surface area contributed by atoms with Crippen LogP contribution in [0, 0.1) is 6.92 Å². The molecule has 1 aliphatic carbocycles. The van der Waals surface area contributed by atoms with Gasteiger partial charge in [0.25, 0.3) is 5.91 Å². The Morgan fingerprint density at radius 2 is 1.70 bits per heavy atom. The van der Waals surface area contributed by atoms with Crippen molar-refractivity contribution in [3.63, 3.8) is 0 Å². The van der Waals surface area contributed by atoms with Crippen LogP contribution < -0.4 is 5.32 Å². The van der Waals surface area contributed by atoms with Gasteiger partial charge in [-0.3, -0.25) is 9.69 Å². The molecule has 11 nitrogen and oxygen atoms in total. The number of piperazine rings is 1. The molecular weight excluding hydrogens is 594 g/mol. The minimum absolute atomic E-state index is 0.0381. The highest BCUT2D eigenvalue weighted by Gasteiger charge is 2.36. The fraction of sp³-hybridized carbons (Fsp3) is 0.556. The normalized spacial score (nSPS) is 20.9. The number of amides is 4. The number of ether oxygens (including phenoxy) is 1. The Labute approximate surface area is 276 Å². The molecule has 1 saturated carbocycles. The van der Waals surface area contributed by atoms with Gasteiger partial charge in [-0.1, -0.05) is 43.5 Å². The number of pyridine rings is 1. The van der Waals surface area contributed by atoms with Crippen molar-refractivity contribution in [2.45, 2.75) is 82.9 Å². The molecule has 0 bridgehead atoms. The van der Waals surface area contributed by atoms with Crippen molar-refractivity contribution >= 4 is 29.4 Å². The monoisotopic (exact) mass is 641 g/mol. The summed E-state index contributed by atoms with van der Waals surface area (Å²) in [5.41, 5.74) is 4.81. The third-order valence-corrected chi connectivity index (χ3v) is 10.7. The molecule has 3 aromatic rings. The second-order valence-electron chi connectivity index (χ2n) is 13.7. The Hall–Kier alpha value is -4.12. The highest BCUT2D eigenvalue weighted by Crippen LogP contribution is 2.26. The van der Waals surface area contributed by atoms with E-state index < -0.39 is 12.2 Å². The Balaban J connectivity index is 1.00. The Kier molecular flexibility index (Phi) is 9.33. The van der Waals surface area contributed by atoms with Crippen molar-refractivity contribution in [2.75, 3.05) is 51.1 Å². The highest BCUT2D eigenvalue weighted by molar-refractivity contribution is 5.91. The third kappa shape index (κ3) is 6.95. The number of anilines is 1. The van der Waals surface area contributed by atoms with Crippen molar-refractivity contribution in [3.05, 3.63) is 65.6 Å². The van der Waals surface area contributed by atoms with Crippen LogP contribution in [0.1, 0.15) is 61.6 Å². The first kappa shape index (κ1) is 31.5. The van der Waals surface area contributed by atoms with E-state index in [0.29, 0.717) is 58.0 Å². The quantitative estimate of drug-likeness (QED) is 0.418. The molecule has 5 heterocycles. The molecule has 3 fully saturated rings. The summed E-state index contributed by atoms with van der Waals surface area (Å²) in [4.78, 5) is 53.3. The molecule has 47 heavy (non-hydrogen) atoms. The average molecular weight is 642 g/mol. The SMILES string of the molecule is Cc1cc(CC(OC(=O)N2CCC(N3CCc4ccccc4NC3=O)CC2)C(=O)N2CCN(C3CCCCC3)CC2)cn2ccnc12. The number of nitrogens with one attached hydrogen (secondary N) is 1. The number of urea groups is 1. The molecule has 7 rings (SSSR count). The number of imidazole rings is 1. The second kappa shape index (κ2) is 13.9. The van der Waals surface area contributed by atoms with Crippen molar-refractivity contribution < 1.29 is 19.1 Å². The zero-order chi connectivity index (χ0) is 32.3. The van der Waals surface area contributed by atoms with Crippen molar-refractivity contribution in [1.29, 1.82) is 0 Å². The van der Waals surface area contributed by atoms with Crippen LogP contribution in [-0.2, 0) is 22.4 Å². The molecule has 4 aliphatic rings. The van der Waals surface area contributed by atoms with E-state index in [1.54, 1.807) is 11.1 Å². The van der Waals surface area contributed by atoms with Gasteiger partial charge in [-0.05, 0) is 61.8 Å². The van der Waals surface area contributed by atoms with Gasteiger partial charge in [-0.15, -0.1) is 0 Å². The summed E-state index contributed by atoms with van der Waals surface area (Å²) in [5.74, 6) is -0.124. The van der Waals surface area contributed by atoms with E-state index in [0.717, 1.165) is 47.5 Å². The van der Waals surface area contributed by atoms with Crippen LogP contribution in [-0.4, -0.2) is 111 Å². The van der Waals surface area contributed by atoms with Gasteiger partial charge < -0.3 is 29.2 Å². The fourth-order valence-corrected chi connectivity index (χ4v) is 8.04. The number of carbonyl (C=O) groups is 3. The Morgan fingerprint density at radius 1 is 0.936 bits per heavy atom. The molecular formula is C36H47N7O4. The summed E-state index contributed by atoms with van der Waals surface area (Å²) in [7, 11) is 0. The maximum Gasteiger partial charge on any atom is 0.410 e. The largest absolute Gasteiger partial charge is 0.436 e. The minimum atomic E-state index is -0.920. The van der Waals surface area contributed by atoms with Gasteiger partial charge in [0.15, 0.2) is 6.10 Å². The summed E-state index contributed by atoms with van der Waals surface area (Å²) >= 11 is 0. The van der Waals surface area contributed by atoms with E-state index in [-0.39, 0.29) is 18.0 Å². The van der Waals surface area contributed by atoms with Gasteiger partial charge in [0.05, 0.1) is 0 Å². The molecule has 0 spiro atoms. The molecule has 4 amide bonds. The lowest BCUT2D eigenvalue weighted by molar-refractivity contribution is -0.143. The molecule has 11 heteroatoms. The van der Waals surface area contributed by atoms with E-state index in [1.165, 1.54) is 32.1 Å². The number of hydrogen-bond acceptors (Lipinski definition) is 6. The first-order valence-electron chi connectivity index (χ1n) is 17.5. The van der Waals surface area contributed by atoms with E-state index in [2.05, 4.69) is 21.3 Å². The van der Waals surface area contributed by atoms with Crippen LogP contribution in [0.25, 0.3) is 5.65 Å². The molecule has 1 unspecified atom stereocenters. The Morgan fingerprint density at radius 3 is 2.49 bits per heavy atom. The maximum atomic E-state index is 14.1. The van der Waals surface area contributed by atoms with Gasteiger partial charge in [-0.2, -0.15) is 0 Å². The second-order valence-corrected chi connectivity index (χ2v) is 13.7. The summed E-state index contributed by atoms with van der Waals surface area (Å²) < 4.78 is 8.07. The lowest BCUT2D eigenvalue weighted by Crippen LogP contribution is -2.55. The van der Waals surface area contributed by atoms with Crippen LogP contribution in [0.2, 0.25) is 0 Å². The number of aryl methyl sites for hydroxylation is 1. The molecule has 2 aromatic heterocycles. The van der Waals surface area contributed by atoms with Crippen molar-refractivity contribution in [1.82, 2.24) is 29.0 Å². The summed E-state index contributed by atoms with van der Waals surface area (Å²) in [6, 6.07) is 10.5. The predicted octanol–water partition coefficient (Wildman–Crippen LogP) is 4.72. The molecule has 0 radical (unpaired) electrons. The van der Waals surface area contributed by atoms with Crippen LogP contribution in [0.5, 0.6) is 0 Å². The third-order valence-electron chi connectivity index (χ3n) is 10.7. The minimum Gasteiger partial charge on any atom is -0.436 e. The van der Waals surface area contributed by atoms with Crippen LogP contribution in [0.15, 0.2) is 48.9 Å². The molecule has 250 valence electrons. The maximum absolute atomic E-state index is 14.1. The number of fused-ring (bicyclic) bond motifs is 2. The van der Waals surface area contributed by atoms with Gasteiger partial charge in [0.1, 0.15) is 5.65 Å². The molecule has 1 aromatic carbocycles. The zero-order valence-corrected chi connectivity index (χ0v) is 27.5. The smallest absolute Gasteiger partial charge is 0.410 e. The number of likely N-dealkylation sites (tertiary alicyclic amines) is 1. The molecule has 3 aliphatic heterocycles. The van der Waals surface area contributed by atoms with E-state index in [1.807, 2.05) is 57.8 Å². The first-order valence-corrected chi connectivity index (χ1v) is 17.5. The lowest BCUT2D eigenvalue weighted by atomic mass is 9.94. The topological polar surface area (TPSA) is 103 Å². The number of carbonyl (C=O) groups excluding carboxylic acids is 3. The number of para-hydroxylation sites is 1. The van der Waals surface area contributed by atoms with Gasteiger partial charge in [0, 0.05) is 88.6 Å². The van der Waals surface area contributed by atoms with Gasteiger partial charge in [0.2, 0.25) is 0 Å². The number of piperidine rings is 1. The fourth-order valence-electron chi connectivity index (χ4n) is 8.04. The number of hydrogen-bond donors (Lipinski definition) is 1. The molecule has 1 atom stereocenters. The molecule has 2 saturated heterocycles. The highest BCUT2D eigenvalue weighted by atomic mass is 16.6. The number of benzene rings is 1. The van der Waals surface area contributed by atoms with Crippen molar-refractivity contribution in [2.24, 2.45) is 0 Å². The van der Waals surface area contributed by atoms with Crippen LogP contribution >= 0.6 is 0 Å². The summed E-state index contributed by atoms with van der Waals surface area (Å²) in [5, 5.41) is 3.06. The predicted molar refractivity (Wildman–Crippen MR) is 179 cm³/mol. The number of rotatable bonds is 6. The number of aromatic nitrogens is 2. The Bertz CT molecular complexity index is 1580. The van der Waals surface area contributed by atoms with E-state index >= 15 is 0 Å². The van der Waals surface area contributed by atoms with Gasteiger partial charge in [-0.25, -0.2) is 14.6 Å². The van der Waals surface area contributed by atoms with E-state index in [9.17, 15) is 14.4 Å². The standard InChI is InChI=1S/C36H47N7O4/c1-26-23-27(25-42-18-14-37-33(26)42)24-32(34(44)40-21-19-39(20-22-40)29-8-3-2-4-9-29)47-36(46)41-15-12-30(13-16-41)43-17-11-28-7-5-6-10-31(28)38-35(43)45/h5-7,10,14,18,23,25,29-30,32H,2-4,8-9,11-13,15-17,19-22,24H2,1H3,(H,38,45). The molecule has 1 N–H and O–H groups in total. The number of nitrogens with zero attached hydrogens (tertiary/aromatic N) is 6. The van der Waals surface area contributed by atoms with Crippen LogP contribution in [0.4, 0.5) is 15.3 Å².